The molecule has 0 atom stereocenters. The molecule has 166 valence electrons. The number of thiazole rings is 1. The Kier molecular flexibility index (Phi) is 5.34. The number of carbonyl (C=O) groups excluding carboxylic acids is 2. The molecule has 1 aliphatic rings. The Labute approximate surface area is 200 Å². The normalized spacial score (nSPS) is 14.8. The maximum atomic E-state index is 13.3. The lowest BCUT2D eigenvalue weighted by molar-refractivity contribution is -0.131. The minimum atomic E-state index is -0.465. The molecule has 3 heterocycles. The van der Waals surface area contributed by atoms with E-state index in [9.17, 15) is 14.4 Å². The van der Waals surface area contributed by atoms with E-state index in [4.69, 9.17) is 4.74 Å². The minimum Gasteiger partial charge on any atom is -0.426 e. The van der Waals surface area contributed by atoms with Crippen molar-refractivity contribution in [3.8, 4) is 17.1 Å². The molecule has 1 amide bonds. The summed E-state index contributed by atoms with van der Waals surface area (Å²) in [6.07, 6.45) is 0.791. The highest BCUT2D eigenvalue weighted by Gasteiger charge is 2.34. The number of rotatable bonds is 4. The van der Waals surface area contributed by atoms with Crippen LogP contribution in [0.3, 0.4) is 0 Å². The van der Waals surface area contributed by atoms with Crippen molar-refractivity contribution in [1.29, 1.82) is 0 Å². The summed E-state index contributed by atoms with van der Waals surface area (Å²) in [7, 11) is 0. The molecule has 0 radical (unpaired) electrons. The van der Waals surface area contributed by atoms with Crippen molar-refractivity contribution in [2.24, 2.45) is 0 Å². The van der Waals surface area contributed by atoms with Crippen LogP contribution in [-0.4, -0.2) is 33.0 Å². The van der Waals surface area contributed by atoms with Gasteiger partial charge in [-0.2, -0.15) is 9.50 Å². The molecule has 0 unspecified atom stereocenters. The Balaban J connectivity index is 1.70. The summed E-state index contributed by atoms with van der Waals surface area (Å²) in [6, 6.07) is 12.5. The van der Waals surface area contributed by atoms with E-state index >= 15 is 0 Å². The van der Waals surface area contributed by atoms with Gasteiger partial charge >= 0.3 is 5.97 Å². The molecule has 0 bridgehead atoms. The maximum absolute atomic E-state index is 13.3. The molecule has 2 aromatic heterocycles. The third-order valence-corrected chi connectivity index (χ3v) is 6.71. The summed E-state index contributed by atoms with van der Waals surface area (Å²) in [5.41, 5.74) is 1.95. The summed E-state index contributed by atoms with van der Waals surface area (Å²) in [6.45, 7) is 3.87. The van der Waals surface area contributed by atoms with E-state index in [1.807, 2.05) is 25.1 Å². The summed E-state index contributed by atoms with van der Waals surface area (Å²) in [5.74, 6) is -0.0923. The number of benzene rings is 2. The average Bonchev–Trinajstić information content (AvgIpc) is 3.40. The summed E-state index contributed by atoms with van der Waals surface area (Å²) >= 11 is 4.58. The number of amides is 1. The van der Waals surface area contributed by atoms with Crippen LogP contribution >= 0.6 is 27.3 Å². The van der Waals surface area contributed by atoms with Crippen LogP contribution in [0.2, 0.25) is 0 Å². The number of nitrogens with zero attached hydrogens (tertiary/aromatic N) is 4. The number of esters is 1. The van der Waals surface area contributed by atoms with Crippen molar-refractivity contribution in [2.75, 3.05) is 11.4 Å². The molecule has 0 N–H and O–H groups in total. The van der Waals surface area contributed by atoms with Gasteiger partial charge in [-0.15, -0.1) is 5.10 Å². The van der Waals surface area contributed by atoms with Crippen molar-refractivity contribution in [1.82, 2.24) is 14.6 Å². The Morgan fingerprint density at radius 2 is 1.94 bits per heavy atom. The molecule has 4 aromatic rings. The van der Waals surface area contributed by atoms with Gasteiger partial charge in [0.25, 0.3) is 11.5 Å². The quantitative estimate of drug-likeness (QED) is 0.300. The third-order valence-electron chi connectivity index (χ3n) is 5.19. The van der Waals surface area contributed by atoms with Crippen LogP contribution in [0.4, 0.5) is 5.69 Å². The summed E-state index contributed by atoms with van der Waals surface area (Å²) in [4.78, 5) is 44.6. The predicted molar refractivity (Wildman–Crippen MR) is 128 cm³/mol. The Morgan fingerprint density at radius 3 is 2.67 bits per heavy atom. The topological polar surface area (TPSA) is 93.9 Å². The van der Waals surface area contributed by atoms with E-state index in [2.05, 4.69) is 26.0 Å². The van der Waals surface area contributed by atoms with Gasteiger partial charge < -0.3 is 9.64 Å². The van der Waals surface area contributed by atoms with Gasteiger partial charge in [-0.3, -0.25) is 14.4 Å². The van der Waals surface area contributed by atoms with E-state index in [-0.39, 0.29) is 11.7 Å². The fraction of sp³-hybridized carbons (Fsp3) is 0.174. The lowest BCUT2D eigenvalue weighted by Crippen LogP contribution is -2.32. The van der Waals surface area contributed by atoms with Crippen molar-refractivity contribution in [3.63, 3.8) is 0 Å². The highest BCUT2D eigenvalue weighted by atomic mass is 79.9. The van der Waals surface area contributed by atoms with E-state index in [1.165, 1.54) is 11.4 Å². The Morgan fingerprint density at radius 1 is 1.15 bits per heavy atom. The molecular formula is C23H17BrN4O4S. The Bertz CT molecular complexity index is 1560. The van der Waals surface area contributed by atoms with Crippen LogP contribution in [0.15, 0.2) is 51.7 Å². The zero-order chi connectivity index (χ0) is 23.3. The fourth-order valence-corrected chi connectivity index (χ4v) is 5.22. The number of hydrogen-bond acceptors (Lipinski definition) is 7. The maximum Gasteiger partial charge on any atom is 0.308 e. The van der Waals surface area contributed by atoms with Crippen LogP contribution in [0, 0.1) is 0 Å². The number of hydrogen-bond donors (Lipinski definition) is 0. The summed E-state index contributed by atoms with van der Waals surface area (Å²) < 4.78 is 7.56. The number of halogens is 1. The van der Waals surface area contributed by atoms with Crippen molar-refractivity contribution >= 4 is 55.4 Å². The van der Waals surface area contributed by atoms with Crippen LogP contribution in [-0.2, 0) is 9.59 Å². The van der Waals surface area contributed by atoms with Crippen LogP contribution < -0.4 is 19.7 Å². The first-order valence-corrected chi connectivity index (χ1v) is 11.8. The van der Waals surface area contributed by atoms with Gasteiger partial charge in [0.05, 0.1) is 16.8 Å². The molecular weight excluding hydrogens is 508 g/mol. The van der Waals surface area contributed by atoms with E-state index in [0.717, 1.165) is 27.9 Å². The van der Waals surface area contributed by atoms with Crippen molar-refractivity contribution < 1.29 is 14.3 Å². The first-order chi connectivity index (χ1) is 15.9. The number of fused-ring (bicyclic) bond motifs is 2. The monoisotopic (exact) mass is 524 g/mol. The highest BCUT2D eigenvalue weighted by Crippen LogP contribution is 2.37. The van der Waals surface area contributed by atoms with Gasteiger partial charge in [-0.05, 0) is 36.8 Å². The first kappa shape index (κ1) is 21.5. The molecule has 1 aliphatic heterocycles. The number of aromatic nitrogens is 3. The van der Waals surface area contributed by atoms with Gasteiger partial charge in [0.1, 0.15) is 10.3 Å². The van der Waals surface area contributed by atoms with Crippen molar-refractivity contribution in [2.45, 2.75) is 20.3 Å². The van der Waals surface area contributed by atoms with Gasteiger partial charge in [-0.1, -0.05) is 46.3 Å². The largest absolute Gasteiger partial charge is 0.426 e. The van der Waals surface area contributed by atoms with E-state index < -0.39 is 11.5 Å². The molecule has 0 saturated heterocycles. The second kappa shape index (κ2) is 8.20. The summed E-state index contributed by atoms with van der Waals surface area (Å²) in [5, 5.41) is 4.36. The molecule has 0 aliphatic carbocycles. The van der Waals surface area contributed by atoms with Crippen LogP contribution in [0.25, 0.3) is 21.9 Å². The second-order valence-electron chi connectivity index (χ2n) is 7.45. The minimum absolute atomic E-state index is 0.202. The first-order valence-electron chi connectivity index (χ1n) is 10.2. The average molecular weight is 525 g/mol. The van der Waals surface area contributed by atoms with Gasteiger partial charge in [0.15, 0.2) is 5.82 Å². The smallest absolute Gasteiger partial charge is 0.308 e. The van der Waals surface area contributed by atoms with Crippen LogP contribution in [0.5, 0.6) is 5.75 Å². The number of para-hydroxylation sites is 1. The third kappa shape index (κ3) is 3.55. The lowest BCUT2D eigenvalue weighted by atomic mass is 10.1. The molecule has 0 spiro atoms. The lowest BCUT2D eigenvalue weighted by Gasteiger charge is -2.15. The SMILES string of the molecule is CCCN1C(=O)/C(=c2\sc3nc(-c4ccccc4OC(C)=O)nn3c2=O)c2cc(Br)ccc21. The zero-order valence-electron chi connectivity index (χ0n) is 17.7. The Hall–Kier alpha value is -3.37. The number of ether oxygens (including phenoxy) is 1. The molecule has 0 saturated carbocycles. The zero-order valence-corrected chi connectivity index (χ0v) is 20.1. The number of carbonyl (C=O) groups is 2. The molecule has 8 nitrogen and oxygen atoms in total. The molecule has 0 fully saturated rings. The molecule has 2 aromatic carbocycles. The second-order valence-corrected chi connectivity index (χ2v) is 9.34. The number of anilines is 1. The van der Waals surface area contributed by atoms with E-state index in [0.29, 0.717) is 38.5 Å². The van der Waals surface area contributed by atoms with Crippen LogP contribution in [0.1, 0.15) is 25.8 Å². The molecule has 5 rings (SSSR count). The molecule has 10 heteroatoms. The van der Waals surface area contributed by atoms with Gasteiger partial charge in [0, 0.05) is 23.5 Å². The standard InChI is InChI=1S/C23H17BrN4O4S/c1-3-10-27-16-9-8-13(24)11-15(16)18(21(27)30)19-22(31)28-23(33-19)25-20(26-28)14-6-4-5-7-17(14)32-12(2)29/h4-9,11H,3,10H2,1-2H3/b19-18-. The predicted octanol–water partition coefficient (Wildman–Crippen LogP) is 3.18. The molecule has 33 heavy (non-hydrogen) atoms. The van der Waals surface area contributed by atoms with Crippen molar-refractivity contribution in [3.05, 3.63) is 67.4 Å². The highest BCUT2D eigenvalue weighted by molar-refractivity contribution is 9.10. The fourth-order valence-electron chi connectivity index (χ4n) is 3.86. The van der Waals surface area contributed by atoms with Gasteiger partial charge in [0.2, 0.25) is 4.96 Å². The van der Waals surface area contributed by atoms with E-state index in [1.54, 1.807) is 29.2 Å². The van der Waals surface area contributed by atoms with Gasteiger partial charge in [-0.25, -0.2) is 0 Å².